The minimum absolute atomic E-state index is 0.0486. The molecule has 0 aliphatic heterocycles. The molecular weight excluding hydrogens is 254 g/mol. The lowest BCUT2D eigenvalue weighted by Crippen LogP contribution is -2.06. The predicted octanol–water partition coefficient (Wildman–Crippen LogP) is 3.30. The Balaban J connectivity index is 2.17. The molecule has 0 unspecified atom stereocenters. The molecule has 1 atom stereocenters. The molecule has 2 heterocycles. The summed E-state index contributed by atoms with van der Waals surface area (Å²) in [6.45, 7) is 1.91. The number of nitrogens with zero attached hydrogens (tertiary/aromatic N) is 2. The molecule has 2 aromatic rings. The lowest BCUT2D eigenvalue weighted by Gasteiger charge is -2.06. The molecule has 0 saturated carbocycles. The minimum Gasteiger partial charge on any atom is -0.323 e. The van der Waals surface area contributed by atoms with Gasteiger partial charge in [-0.1, -0.05) is 23.4 Å². The maximum atomic E-state index is 6.03. The number of pyridine rings is 2. The van der Waals surface area contributed by atoms with Gasteiger partial charge in [0.25, 0.3) is 0 Å². The fourth-order valence-electron chi connectivity index (χ4n) is 1.28. The first-order valence-corrected chi connectivity index (χ1v) is 6.36. The summed E-state index contributed by atoms with van der Waals surface area (Å²) in [4.78, 5) is 9.49. The van der Waals surface area contributed by atoms with Crippen LogP contribution < -0.4 is 5.73 Å². The van der Waals surface area contributed by atoms with Crippen LogP contribution in [0.3, 0.4) is 0 Å². The van der Waals surface area contributed by atoms with Gasteiger partial charge in [-0.15, -0.1) is 0 Å². The molecule has 0 aliphatic rings. The SMILES string of the molecule is C[C@H](N)c1ccc(Sc2ncccc2Cl)cn1. The second-order valence-electron chi connectivity index (χ2n) is 3.60. The zero-order valence-corrected chi connectivity index (χ0v) is 10.9. The highest BCUT2D eigenvalue weighted by Crippen LogP contribution is 2.30. The molecule has 0 amide bonds. The third kappa shape index (κ3) is 3.19. The molecule has 0 spiro atoms. The third-order valence-corrected chi connectivity index (χ3v) is 3.58. The van der Waals surface area contributed by atoms with E-state index in [0.717, 1.165) is 15.6 Å². The first kappa shape index (κ1) is 12.4. The molecule has 88 valence electrons. The summed E-state index contributed by atoms with van der Waals surface area (Å²) in [5.74, 6) is 0. The Labute approximate surface area is 109 Å². The number of hydrogen-bond acceptors (Lipinski definition) is 4. The van der Waals surface area contributed by atoms with Crippen molar-refractivity contribution in [1.82, 2.24) is 9.97 Å². The molecule has 2 N–H and O–H groups in total. The van der Waals surface area contributed by atoms with Crippen LogP contribution in [0.25, 0.3) is 0 Å². The van der Waals surface area contributed by atoms with E-state index in [1.54, 1.807) is 12.4 Å². The van der Waals surface area contributed by atoms with Gasteiger partial charge in [-0.05, 0) is 31.2 Å². The van der Waals surface area contributed by atoms with E-state index in [9.17, 15) is 0 Å². The zero-order chi connectivity index (χ0) is 12.3. The van der Waals surface area contributed by atoms with Gasteiger partial charge in [-0.3, -0.25) is 4.98 Å². The third-order valence-electron chi connectivity index (χ3n) is 2.16. The Morgan fingerprint density at radius 1 is 1.29 bits per heavy atom. The van der Waals surface area contributed by atoms with Crippen molar-refractivity contribution in [3.05, 3.63) is 47.4 Å². The summed E-state index contributed by atoms with van der Waals surface area (Å²) < 4.78 is 0. The van der Waals surface area contributed by atoms with E-state index in [1.165, 1.54) is 11.8 Å². The summed E-state index contributed by atoms with van der Waals surface area (Å²) in [5.41, 5.74) is 6.61. The van der Waals surface area contributed by atoms with Crippen LogP contribution >= 0.6 is 23.4 Å². The van der Waals surface area contributed by atoms with E-state index in [-0.39, 0.29) is 6.04 Å². The van der Waals surface area contributed by atoms with Crippen molar-refractivity contribution in [1.29, 1.82) is 0 Å². The van der Waals surface area contributed by atoms with E-state index >= 15 is 0 Å². The van der Waals surface area contributed by atoms with Crippen LogP contribution in [0.4, 0.5) is 0 Å². The Hall–Kier alpha value is -1.10. The van der Waals surface area contributed by atoms with Crippen LogP contribution in [-0.4, -0.2) is 9.97 Å². The molecule has 0 radical (unpaired) electrons. The van der Waals surface area contributed by atoms with Crippen LogP contribution in [0.5, 0.6) is 0 Å². The average molecular weight is 266 g/mol. The summed E-state index contributed by atoms with van der Waals surface area (Å²) in [6.07, 6.45) is 3.51. The van der Waals surface area contributed by atoms with Gasteiger partial charge in [0.15, 0.2) is 0 Å². The molecule has 0 aromatic carbocycles. The molecule has 0 aliphatic carbocycles. The molecule has 0 saturated heterocycles. The summed E-state index contributed by atoms with van der Waals surface area (Å²) in [6, 6.07) is 7.47. The van der Waals surface area contributed by atoms with E-state index < -0.39 is 0 Å². The van der Waals surface area contributed by atoms with Gasteiger partial charge in [-0.2, -0.15) is 0 Å². The van der Waals surface area contributed by atoms with Gasteiger partial charge in [0.2, 0.25) is 0 Å². The number of hydrogen-bond donors (Lipinski definition) is 1. The van der Waals surface area contributed by atoms with Gasteiger partial charge >= 0.3 is 0 Å². The number of aromatic nitrogens is 2. The predicted molar refractivity (Wildman–Crippen MR) is 70.2 cm³/mol. The first-order valence-electron chi connectivity index (χ1n) is 5.16. The largest absolute Gasteiger partial charge is 0.323 e. The molecular formula is C12H12ClN3S. The maximum Gasteiger partial charge on any atom is 0.119 e. The molecule has 17 heavy (non-hydrogen) atoms. The second-order valence-corrected chi connectivity index (χ2v) is 5.07. The van der Waals surface area contributed by atoms with Gasteiger partial charge in [0.1, 0.15) is 5.03 Å². The van der Waals surface area contributed by atoms with Crippen molar-refractivity contribution in [2.45, 2.75) is 22.9 Å². The van der Waals surface area contributed by atoms with Crippen molar-refractivity contribution < 1.29 is 0 Å². The summed E-state index contributed by atoms with van der Waals surface area (Å²) in [5, 5.41) is 1.43. The van der Waals surface area contributed by atoms with E-state index in [4.69, 9.17) is 17.3 Å². The topological polar surface area (TPSA) is 51.8 Å². The highest BCUT2D eigenvalue weighted by atomic mass is 35.5. The van der Waals surface area contributed by atoms with Crippen LogP contribution in [0, 0.1) is 0 Å². The number of rotatable bonds is 3. The van der Waals surface area contributed by atoms with Crippen LogP contribution in [0.1, 0.15) is 18.7 Å². The smallest absolute Gasteiger partial charge is 0.119 e. The highest BCUT2D eigenvalue weighted by molar-refractivity contribution is 7.99. The fraction of sp³-hybridized carbons (Fsp3) is 0.167. The molecule has 0 bridgehead atoms. The van der Waals surface area contributed by atoms with Crippen LogP contribution in [0.2, 0.25) is 5.02 Å². The van der Waals surface area contributed by atoms with Crippen LogP contribution in [0.15, 0.2) is 46.6 Å². The normalized spacial score (nSPS) is 12.4. The zero-order valence-electron chi connectivity index (χ0n) is 9.30. The van der Waals surface area contributed by atoms with Crippen molar-refractivity contribution in [3.63, 3.8) is 0 Å². The molecule has 2 aromatic heterocycles. The van der Waals surface area contributed by atoms with E-state index in [2.05, 4.69) is 9.97 Å². The van der Waals surface area contributed by atoms with Crippen molar-refractivity contribution in [2.75, 3.05) is 0 Å². The Kier molecular flexibility index (Phi) is 3.99. The van der Waals surface area contributed by atoms with E-state index in [1.807, 2.05) is 31.2 Å². The highest BCUT2D eigenvalue weighted by Gasteiger charge is 2.05. The van der Waals surface area contributed by atoms with E-state index in [0.29, 0.717) is 5.02 Å². The molecule has 5 heteroatoms. The minimum atomic E-state index is -0.0486. The average Bonchev–Trinajstić information content (AvgIpc) is 2.33. The Morgan fingerprint density at radius 2 is 2.12 bits per heavy atom. The Morgan fingerprint density at radius 3 is 2.71 bits per heavy atom. The fourth-order valence-corrected chi connectivity index (χ4v) is 2.26. The number of nitrogens with two attached hydrogens (primary N) is 1. The quantitative estimate of drug-likeness (QED) is 0.925. The molecule has 0 fully saturated rings. The van der Waals surface area contributed by atoms with Gasteiger partial charge in [0.05, 0.1) is 10.7 Å². The monoisotopic (exact) mass is 265 g/mol. The summed E-state index contributed by atoms with van der Waals surface area (Å²) in [7, 11) is 0. The molecule has 2 rings (SSSR count). The second kappa shape index (κ2) is 5.49. The van der Waals surface area contributed by atoms with Crippen molar-refractivity contribution in [2.24, 2.45) is 5.73 Å². The van der Waals surface area contributed by atoms with Crippen LogP contribution in [-0.2, 0) is 0 Å². The first-order chi connectivity index (χ1) is 8.16. The maximum absolute atomic E-state index is 6.03. The standard InChI is InChI=1S/C12H12ClN3S/c1-8(14)11-5-4-9(7-16-11)17-12-10(13)3-2-6-15-12/h2-8H,14H2,1H3/t8-/m0/s1. The lowest BCUT2D eigenvalue weighted by molar-refractivity contribution is 0.777. The summed E-state index contributed by atoms with van der Waals surface area (Å²) >= 11 is 7.52. The van der Waals surface area contributed by atoms with Gasteiger partial charge in [0, 0.05) is 23.3 Å². The Bertz CT molecular complexity index is 499. The lowest BCUT2D eigenvalue weighted by atomic mass is 10.2. The molecule has 3 nitrogen and oxygen atoms in total. The van der Waals surface area contributed by atoms with Crippen molar-refractivity contribution in [3.8, 4) is 0 Å². The van der Waals surface area contributed by atoms with Gasteiger partial charge in [-0.25, -0.2) is 4.98 Å². The van der Waals surface area contributed by atoms with Crippen molar-refractivity contribution >= 4 is 23.4 Å². The van der Waals surface area contributed by atoms with Gasteiger partial charge < -0.3 is 5.73 Å². The number of halogens is 1.